The SMILES string of the molecule is COc1cc2ncc(C#N)c(Nc3ccc(Cc4nc(-c5ccccc5)cs4)c(Cl)c3)c2cc1NC(=O)/C=C/CN(C)C. The summed E-state index contributed by atoms with van der Waals surface area (Å²) in [6, 6.07) is 21.5. The molecule has 2 heterocycles. The topological polar surface area (TPSA) is 103 Å². The number of halogens is 1. The van der Waals surface area contributed by atoms with E-state index in [2.05, 4.69) is 27.1 Å². The van der Waals surface area contributed by atoms with Crippen molar-refractivity contribution in [3.63, 3.8) is 0 Å². The van der Waals surface area contributed by atoms with Gasteiger partial charge in [-0.05, 0) is 37.9 Å². The average molecular weight is 609 g/mol. The maximum Gasteiger partial charge on any atom is 0.248 e. The number of benzene rings is 3. The second kappa shape index (κ2) is 13.5. The predicted octanol–water partition coefficient (Wildman–Crippen LogP) is 7.28. The molecular weight excluding hydrogens is 580 g/mol. The van der Waals surface area contributed by atoms with E-state index in [0.29, 0.717) is 57.3 Å². The second-order valence-corrected chi connectivity index (χ2v) is 11.3. The van der Waals surface area contributed by atoms with Gasteiger partial charge in [-0.1, -0.05) is 54.1 Å². The number of amides is 1. The van der Waals surface area contributed by atoms with Crippen molar-refractivity contribution in [3.05, 3.63) is 106 Å². The predicted molar refractivity (Wildman–Crippen MR) is 174 cm³/mol. The first-order valence-corrected chi connectivity index (χ1v) is 14.7. The lowest BCUT2D eigenvalue weighted by atomic mass is 10.1. The van der Waals surface area contributed by atoms with Crippen LogP contribution in [0.5, 0.6) is 5.75 Å². The molecule has 0 unspecified atom stereocenters. The Hall–Kier alpha value is -4.75. The number of hydrogen-bond donors (Lipinski definition) is 2. The minimum absolute atomic E-state index is 0.295. The van der Waals surface area contributed by atoms with E-state index in [1.807, 2.05) is 67.5 Å². The van der Waals surface area contributed by atoms with Crippen LogP contribution < -0.4 is 15.4 Å². The van der Waals surface area contributed by atoms with Gasteiger partial charge >= 0.3 is 0 Å². The maximum atomic E-state index is 12.6. The molecule has 5 aromatic rings. The molecular formula is C33H29ClN6O2S. The molecule has 0 bridgehead atoms. The number of thiazole rings is 1. The van der Waals surface area contributed by atoms with Crippen LogP contribution in [0.2, 0.25) is 5.02 Å². The van der Waals surface area contributed by atoms with E-state index in [1.165, 1.54) is 19.4 Å². The second-order valence-electron chi connectivity index (χ2n) is 9.98. The first-order chi connectivity index (χ1) is 20.8. The van der Waals surface area contributed by atoms with Gasteiger partial charge in [-0.25, -0.2) is 4.98 Å². The van der Waals surface area contributed by atoms with Gasteiger partial charge in [-0.3, -0.25) is 9.78 Å². The molecule has 5 rings (SSSR count). The number of nitriles is 1. The lowest BCUT2D eigenvalue weighted by Crippen LogP contribution is -2.13. The van der Waals surface area contributed by atoms with Crippen LogP contribution in [-0.4, -0.2) is 48.5 Å². The summed E-state index contributed by atoms with van der Waals surface area (Å²) in [6.07, 6.45) is 5.36. The Morgan fingerprint density at radius 1 is 1.16 bits per heavy atom. The van der Waals surface area contributed by atoms with Crippen molar-refractivity contribution >= 4 is 56.8 Å². The number of ether oxygens (including phenoxy) is 1. The van der Waals surface area contributed by atoms with Crippen LogP contribution in [0.1, 0.15) is 16.1 Å². The third-order valence-corrected chi connectivity index (χ3v) is 7.79. The van der Waals surface area contributed by atoms with Gasteiger partial charge in [0.15, 0.2) is 0 Å². The Kier molecular flexibility index (Phi) is 9.32. The van der Waals surface area contributed by atoms with Crippen molar-refractivity contribution in [2.75, 3.05) is 38.4 Å². The number of anilines is 3. The van der Waals surface area contributed by atoms with Crippen LogP contribution in [0.4, 0.5) is 17.1 Å². The molecule has 0 saturated carbocycles. The van der Waals surface area contributed by atoms with Crippen LogP contribution in [0.25, 0.3) is 22.2 Å². The Bertz CT molecular complexity index is 1850. The van der Waals surface area contributed by atoms with E-state index in [4.69, 9.17) is 21.3 Å². The molecule has 43 heavy (non-hydrogen) atoms. The number of pyridine rings is 1. The number of methoxy groups -OCH3 is 1. The molecule has 8 nitrogen and oxygen atoms in total. The third-order valence-electron chi connectivity index (χ3n) is 6.59. The number of aromatic nitrogens is 2. The van der Waals surface area contributed by atoms with E-state index in [0.717, 1.165) is 21.8 Å². The normalized spacial score (nSPS) is 11.2. The zero-order chi connectivity index (χ0) is 30.3. The molecule has 2 aromatic heterocycles. The van der Waals surface area contributed by atoms with E-state index in [1.54, 1.807) is 29.5 Å². The zero-order valence-electron chi connectivity index (χ0n) is 23.9. The number of nitrogens with one attached hydrogen (secondary N) is 2. The Labute approximate surface area is 259 Å². The largest absolute Gasteiger partial charge is 0.494 e. The molecule has 0 atom stereocenters. The highest BCUT2D eigenvalue weighted by Crippen LogP contribution is 2.37. The minimum atomic E-state index is -0.295. The first kappa shape index (κ1) is 29.7. The number of nitrogens with zero attached hydrogens (tertiary/aromatic N) is 4. The van der Waals surface area contributed by atoms with Crippen LogP contribution in [0, 0.1) is 11.3 Å². The molecule has 1 amide bonds. The summed E-state index contributed by atoms with van der Waals surface area (Å²) >= 11 is 8.33. The van der Waals surface area contributed by atoms with Crippen molar-refractivity contribution in [2.24, 2.45) is 0 Å². The van der Waals surface area contributed by atoms with Crippen molar-refractivity contribution < 1.29 is 9.53 Å². The fourth-order valence-corrected chi connectivity index (χ4v) is 5.53. The summed E-state index contributed by atoms with van der Waals surface area (Å²) in [4.78, 5) is 23.8. The first-order valence-electron chi connectivity index (χ1n) is 13.4. The summed E-state index contributed by atoms with van der Waals surface area (Å²) in [5, 5.41) is 20.4. The van der Waals surface area contributed by atoms with E-state index in [9.17, 15) is 10.1 Å². The molecule has 0 saturated heterocycles. The number of fused-ring (bicyclic) bond motifs is 1. The highest BCUT2D eigenvalue weighted by molar-refractivity contribution is 7.10. The molecule has 2 N–H and O–H groups in total. The van der Waals surface area contributed by atoms with Gasteiger partial charge in [0.05, 0.1) is 40.3 Å². The molecule has 0 spiro atoms. The third kappa shape index (κ3) is 7.19. The number of carbonyl (C=O) groups excluding carboxylic acids is 1. The zero-order valence-corrected chi connectivity index (χ0v) is 25.5. The van der Waals surface area contributed by atoms with Gasteiger partial charge in [-0.2, -0.15) is 5.26 Å². The van der Waals surface area contributed by atoms with Crippen molar-refractivity contribution in [3.8, 4) is 23.1 Å². The molecule has 216 valence electrons. The molecule has 3 aromatic carbocycles. The number of likely N-dealkylation sites (N-methyl/N-ethyl adjacent to an activating group) is 1. The number of carbonyl (C=O) groups is 1. The molecule has 0 aliphatic carbocycles. The summed E-state index contributed by atoms with van der Waals surface area (Å²) < 4.78 is 5.52. The summed E-state index contributed by atoms with van der Waals surface area (Å²) in [7, 11) is 5.37. The maximum absolute atomic E-state index is 12.6. The lowest BCUT2D eigenvalue weighted by Gasteiger charge is -2.16. The van der Waals surface area contributed by atoms with E-state index >= 15 is 0 Å². The summed E-state index contributed by atoms with van der Waals surface area (Å²) in [6.45, 7) is 0.631. The molecule has 0 aliphatic rings. The van der Waals surface area contributed by atoms with Gasteiger partial charge < -0.3 is 20.3 Å². The van der Waals surface area contributed by atoms with Crippen molar-refractivity contribution in [2.45, 2.75) is 6.42 Å². The highest BCUT2D eigenvalue weighted by atomic mass is 35.5. The van der Waals surface area contributed by atoms with Crippen molar-refractivity contribution in [1.82, 2.24) is 14.9 Å². The Balaban J connectivity index is 1.41. The van der Waals surface area contributed by atoms with Gasteiger partial charge in [0.25, 0.3) is 0 Å². The standard InChI is InChI=1S/C33H29ClN6O2S/c1-40(2)13-7-10-31(41)38-28-16-25-27(17-30(28)42-3)36-19-23(18-35)33(25)37-24-12-11-22(26(34)15-24)14-32-39-29(20-43-32)21-8-5-4-6-9-21/h4-12,15-17,19-20H,13-14H2,1-3H3,(H,36,37)(H,38,41)/b10-7+. The Morgan fingerprint density at radius 3 is 2.70 bits per heavy atom. The Morgan fingerprint density at radius 2 is 1.98 bits per heavy atom. The summed E-state index contributed by atoms with van der Waals surface area (Å²) in [5.41, 5.74) is 5.62. The average Bonchev–Trinajstić information content (AvgIpc) is 3.47. The van der Waals surface area contributed by atoms with Crippen LogP contribution >= 0.6 is 22.9 Å². The van der Waals surface area contributed by atoms with Crippen LogP contribution in [-0.2, 0) is 11.2 Å². The lowest BCUT2D eigenvalue weighted by molar-refractivity contribution is -0.111. The fraction of sp³-hybridized carbons (Fsp3) is 0.152. The van der Waals surface area contributed by atoms with Crippen molar-refractivity contribution in [1.29, 1.82) is 5.26 Å². The van der Waals surface area contributed by atoms with E-state index in [-0.39, 0.29) is 5.91 Å². The monoisotopic (exact) mass is 608 g/mol. The van der Waals surface area contributed by atoms with Gasteiger partial charge in [0.1, 0.15) is 11.8 Å². The minimum Gasteiger partial charge on any atom is -0.494 e. The summed E-state index contributed by atoms with van der Waals surface area (Å²) in [5.74, 6) is 0.159. The van der Waals surface area contributed by atoms with Crippen LogP contribution in [0.3, 0.4) is 0 Å². The van der Waals surface area contributed by atoms with Crippen LogP contribution in [0.15, 0.2) is 84.4 Å². The molecule has 0 radical (unpaired) electrons. The molecule has 0 aliphatic heterocycles. The molecule has 10 heteroatoms. The van der Waals surface area contributed by atoms with E-state index < -0.39 is 0 Å². The smallest absolute Gasteiger partial charge is 0.248 e. The molecule has 0 fully saturated rings. The van der Waals surface area contributed by atoms with Gasteiger partial charge in [0.2, 0.25) is 5.91 Å². The van der Waals surface area contributed by atoms with Gasteiger partial charge in [0, 0.05) is 58.3 Å². The fourth-order valence-electron chi connectivity index (χ4n) is 4.46. The quantitative estimate of drug-likeness (QED) is 0.161. The highest BCUT2D eigenvalue weighted by Gasteiger charge is 2.16. The van der Waals surface area contributed by atoms with Gasteiger partial charge in [-0.15, -0.1) is 11.3 Å². The number of hydrogen-bond acceptors (Lipinski definition) is 8. The number of rotatable bonds is 10.